The topological polar surface area (TPSA) is 92.8 Å². The molecule has 0 saturated heterocycles. The molecule has 0 spiro atoms. The fourth-order valence-corrected chi connectivity index (χ4v) is 3.59. The molecule has 1 N–H and O–H groups in total. The third-order valence-electron chi connectivity index (χ3n) is 4.65. The predicted molar refractivity (Wildman–Crippen MR) is 116 cm³/mol. The van der Waals surface area contributed by atoms with Gasteiger partial charge in [0.1, 0.15) is 6.04 Å². The van der Waals surface area contributed by atoms with Gasteiger partial charge in [-0.15, -0.1) is 0 Å². The van der Waals surface area contributed by atoms with Crippen LogP contribution in [-0.4, -0.2) is 41.2 Å². The van der Waals surface area contributed by atoms with Crippen LogP contribution < -0.4 is 5.32 Å². The monoisotopic (exact) mass is 462 g/mol. The van der Waals surface area contributed by atoms with Crippen LogP contribution in [0.25, 0.3) is 0 Å². The number of imide groups is 1. The number of halogens is 2. The second-order valence-electron chi connectivity index (χ2n) is 7.45. The van der Waals surface area contributed by atoms with Gasteiger partial charge in [-0.05, 0) is 42.7 Å². The standard InChI is InChI=1S/C22H20Cl2N2O5/c1-12(2)9-18(26-20(28)14-5-3-4-6-15(14)21(26)29)22(30)31-11-19(27)25-17-10-13(23)7-8-16(17)24/h3-8,10,12,18H,9,11H2,1-2H3,(H,25,27)/t18-/m0/s1. The van der Waals surface area contributed by atoms with Gasteiger partial charge in [0.2, 0.25) is 0 Å². The van der Waals surface area contributed by atoms with Crippen molar-refractivity contribution in [3.8, 4) is 0 Å². The van der Waals surface area contributed by atoms with Crippen molar-refractivity contribution in [1.82, 2.24) is 4.90 Å². The van der Waals surface area contributed by atoms with Gasteiger partial charge in [-0.25, -0.2) is 4.79 Å². The van der Waals surface area contributed by atoms with Crippen molar-refractivity contribution < 1.29 is 23.9 Å². The largest absolute Gasteiger partial charge is 0.454 e. The fraction of sp³-hybridized carbons (Fsp3) is 0.273. The number of nitrogens with one attached hydrogen (secondary N) is 1. The maximum Gasteiger partial charge on any atom is 0.329 e. The zero-order chi connectivity index (χ0) is 22.7. The fourth-order valence-electron chi connectivity index (χ4n) is 3.26. The summed E-state index contributed by atoms with van der Waals surface area (Å²) in [4.78, 5) is 51.5. The van der Waals surface area contributed by atoms with Gasteiger partial charge in [-0.3, -0.25) is 19.3 Å². The number of nitrogens with zero attached hydrogens (tertiary/aromatic N) is 1. The molecule has 0 fully saturated rings. The average molecular weight is 463 g/mol. The summed E-state index contributed by atoms with van der Waals surface area (Å²) in [5.41, 5.74) is 0.749. The van der Waals surface area contributed by atoms with Crippen molar-refractivity contribution in [2.24, 2.45) is 5.92 Å². The number of fused-ring (bicyclic) bond motifs is 1. The highest BCUT2D eigenvalue weighted by Crippen LogP contribution is 2.28. The Hall–Kier alpha value is -2.90. The molecule has 1 atom stereocenters. The predicted octanol–water partition coefficient (Wildman–Crippen LogP) is 4.19. The average Bonchev–Trinajstić information content (AvgIpc) is 2.97. The van der Waals surface area contributed by atoms with E-state index in [1.807, 2.05) is 13.8 Å². The Morgan fingerprint density at radius 3 is 2.23 bits per heavy atom. The van der Waals surface area contributed by atoms with Crippen LogP contribution in [0.15, 0.2) is 42.5 Å². The van der Waals surface area contributed by atoms with Crippen molar-refractivity contribution in [3.63, 3.8) is 0 Å². The highest BCUT2D eigenvalue weighted by molar-refractivity contribution is 6.35. The van der Waals surface area contributed by atoms with Gasteiger partial charge in [-0.2, -0.15) is 0 Å². The second-order valence-corrected chi connectivity index (χ2v) is 8.29. The van der Waals surface area contributed by atoms with Crippen LogP contribution in [0.3, 0.4) is 0 Å². The molecule has 31 heavy (non-hydrogen) atoms. The van der Waals surface area contributed by atoms with Gasteiger partial charge in [0.05, 0.1) is 21.8 Å². The Morgan fingerprint density at radius 1 is 1.03 bits per heavy atom. The summed E-state index contributed by atoms with van der Waals surface area (Å²) in [5.74, 6) is -2.60. The van der Waals surface area contributed by atoms with E-state index in [2.05, 4.69) is 5.32 Å². The van der Waals surface area contributed by atoms with Gasteiger partial charge in [0.25, 0.3) is 17.7 Å². The molecule has 2 aromatic carbocycles. The minimum Gasteiger partial charge on any atom is -0.454 e. The summed E-state index contributed by atoms with van der Waals surface area (Å²) in [6.07, 6.45) is 0.200. The van der Waals surface area contributed by atoms with E-state index in [1.165, 1.54) is 24.3 Å². The van der Waals surface area contributed by atoms with E-state index in [-0.39, 0.29) is 34.2 Å². The van der Waals surface area contributed by atoms with Gasteiger partial charge in [-0.1, -0.05) is 49.2 Å². The molecule has 9 heteroatoms. The third-order valence-corrected chi connectivity index (χ3v) is 5.22. The highest BCUT2D eigenvalue weighted by atomic mass is 35.5. The first-order valence-electron chi connectivity index (χ1n) is 9.57. The normalized spacial score (nSPS) is 13.9. The molecular weight excluding hydrogens is 443 g/mol. The van der Waals surface area contributed by atoms with Gasteiger partial charge in [0.15, 0.2) is 6.61 Å². The van der Waals surface area contributed by atoms with Crippen LogP contribution in [0.1, 0.15) is 41.0 Å². The number of esters is 1. The van der Waals surface area contributed by atoms with E-state index in [4.69, 9.17) is 27.9 Å². The molecule has 162 valence electrons. The summed E-state index contributed by atoms with van der Waals surface area (Å²) >= 11 is 11.9. The molecule has 0 unspecified atom stereocenters. The van der Waals surface area contributed by atoms with Crippen molar-refractivity contribution in [3.05, 3.63) is 63.6 Å². The quantitative estimate of drug-likeness (QED) is 0.491. The number of rotatable bonds is 7. The van der Waals surface area contributed by atoms with Crippen LogP contribution in [0, 0.1) is 5.92 Å². The van der Waals surface area contributed by atoms with E-state index in [9.17, 15) is 19.2 Å². The minimum absolute atomic E-state index is 0.0130. The highest BCUT2D eigenvalue weighted by Gasteiger charge is 2.43. The first kappa shape index (κ1) is 22.8. The Labute approximate surface area is 189 Å². The lowest BCUT2D eigenvalue weighted by molar-refractivity contribution is -0.151. The Bertz CT molecular complexity index is 1020. The smallest absolute Gasteiger partial charge is 0.329 e. The number of benzene rings is 2. The van der Waals surface area contributed by atoms with Crippen LogP contribution >= 0.6 is 23.2 Å². The molecule has 0 aromatic heterocycles. The van der Waals surface area contributed by atoms with Crippen LogP contribution in [-0.2, 0) is 14.3 Å². The minimum atomic E-state index is -1.14. The van der Waals surface area contributed by atoms with E-state index < -0.39 is 36.3 Å². The molecule has 1 aliphatic rings. The van der Waals surface area contributed by atoms with Crippen LogP contribution in [0.2, 0.25) is 10.0 Å². The first-order valence-corrected chi connectivity index (χ1v) is 10.3. The zero-order valence-corrected chi connectivity index (χ0v) is 18.4. The first-order chi connectivity index (χ1) is 14.7. The molecular formula is C22H20Cl2N2O5. The second kappa shape index (κ2) is 9.49. The molecule has 0 radical (unpaired) electrons. The summed E-state index contributed by atoms with van der Waals surface area (Å²) in [6, 6.07) is 9.78. The maximum atomic E-state index is 12.8. The molecule has 0 saturated carbocycles. The number of carbonyl (C=O) groups excluding carboxylic acids is 4. The molecule has 3 amide bonds. The lowest BCUT2D eigenvalue weighted by Crippen LogP contribution is -2.46. The Balaban J connectivity index is 1.71. The number of ether oxygens (including phenoxy) is 1. The Kier molecular flexibility index (Phi) is 6.97. The molecule has 1 heterocycles. The lowest BCUT2D eigenvalue weighted by Gasteiger charge is -2.25. The number of hydrogen-bond donors (Lipinski definition) is 1. The van der Waals surface area contributed by atoms with Crippen molar-refractivity contribution in [2.75, 3.05) is 11.9 Å². The van der Waals surface area contributed by atoms with Crippen molar-refractivity contribution in [2.45, 2.75) is 26.3 Å². The van der Waals surface area contributed by atoms with Gasteiger partial charge < -0.3 is 10.1 Å². The molecule has 2 aromatic rings. The van der Waals surface area contributed by atoms with E-state index in [1.54, 1.807) is 18.2 Å². The summed E-state index contributed by atoms with van der Waals surface area (Å²) in [6.45, 7) is 3.10. The number of anilines is 1. The lowest BCUT2D eigenvalue weighted by atomic mass is 10.0. The van der Waals surface area contributed by atoms with Crippen LogP contribution in [0.5, 0.6) is 0 Å². The van der Waals surface area contributed by atoms with Crippen LogP contribution in [0.4, 0.5) is 5.69 Å². The van der Waals surface area contributed by atoms with Crippen molar-refractivity contribution in [1.29, 1.82) is 0 Å². The molecule has 0 aliphatic carbocycles. The van der Waals surface area contributed by atoms with Gasteiger partial charge in [0, 0.05) is 5.02 Å². The Morgan fingerprint density at radius 2 is 1.65 bits per heavy atom. The number of hydrogen-bond acceptors (Lipinski definition) is 5. The molecule has 1 aliphatic heterocycles. The third kappa shape index (κ3) is 5.06. The number of amides is 3. The van der Waals surface area contributed by atoms with E-state index in [0.29, 0.717) is 5.02 Å². The van der Waals surface area contributed by atoms with E-state index in [0.717, 1.165) is 4.90 Å². The zero-order valence-electron chi connectivity index (χ0n) is 16.9. The van der Waals surface area contributed by atoms with E-state index >= 15 is 0 Å². The SMILES string of the molecule is CC(C)C[C@@H](C(=O)OCC(=O)Nc1cc(Cl)ccc1Cl)N1C(=O)c2ccccc2C1=O. The molecule has 0 bridgehead atoms. The summed E-state index contributed by atoms with van der Waals surface area (Å²) in [5, 5.41) is 3.15. The number of carbonyl (C=O) groups is 4. The molecule has 7 nitrogen and oxygen atoms in total. The summed E-state index contributed by atoms with van der Waals surface area (Å²) < 4.78 is 5.14. The summed E-state index contributed by atoms with van der Waals surface area (Å²) in [7, 11) is 0. The van der Waals surface area contributed by atoms with Gasteiger partial charge >= 0.3 is 5.97 Å². The maximum absolute atomic E-state index is 12.8. The molecule has 3 rings (SSSR count). The van der Waals surface area contributed by atoms with Crippen molar-refractivity contribution >= 4 is 52.6 Å².